The lowest BCUT2D eigenvalue weighted by Crippen LogP contribution is -2.55. The quantitative estimate of drug-likeness (QED) is 0.595. The molecule has 2 heterocycles. The van der Waals surface area contributed by atoms with E-state index in [-0.39, 0.29) is 11.9 Å². The van der Waals surface area contributed by atoms with Crippen molar-refractivity contribution in [3.8, 4) is 5.75 Å². The number of carbonyl (C=O) groups is 2. The van der Waals surface area contributed by atoms with Gasteiger partial charge in [-0.3, -0.25) is 0 Å². The molecule has 0 saturated carbocycles. The van der Waals surface area contributed by atoms with Crippen LogP contribution < -0.4 is 9.64 Å². The van der Waals surface area contributed by atoms with Gasteiger partial charge in [-0.15, -0.1) is 16.7 Å². The van der Waals surface area contributed by atoms with E-state index in [0.717, 1.165) is 21.7 Å². The fraction of sp³-hybridized carbons (Fsp3) is 0.125. The third-order valence-electron chi connectivity index (χ3n) is 5.33. The normalized spacial score (nSPS) is 17.8. The smallest absolute Gasteiger partial charge is 0.497 e. The molecule has 6 heteroatoms. The molecule has 0 spiro atoms. The average molecular weight is 415 g/mol. The molecule has 0 N–H and O–H groups in total. The van der Waals surface area contributed by atoms with Crippen molar-refractivity contribution in [1.29, 1.82) is 0 Å². The maximum atomic E-state index is 13.6. The van der Waals surface area contributed by atoms with Crippen molar-refractivity contribution in [2.75, 3.05) is 12.0 Å². The summed E-state index contributed by atoms with van der Waals surface area (Å²) >= 11 is 1.50. The van der Waals surface area contributed by atoms with Gasteiger partial charge in [-0.1, -0.05) is 42.5 Å². The van der Waals surface area contributed by atoms with Gasteiger partial charge in [0.15, 0.2) is 5.25 Å². The highest BCUT2D eigenvalue weighted by Crippen LogP contribution is 2.41. The van der Waals surface area contributed by atoms with Crippen molar-refractivity contribution < 1.29 is 18.9 Å². The van der Waals surface area contributed by atoms with Crippen molar-refractivity contribution in [3.63, 3.8) is 0 Å². The first-order chi connectivity index (χ1) is 14.7. The van der Waals surface area contributed by atoms with Crippen molar-refractivity contribution in [1.82, 2.24) is 0 Å². The number of imide groups is 1. The zero-order valence-corrected chi connectivity index (χ0v) is 17.1. The van der Waals surface area contributed by atoms with Crippen LogP contribution in [0.3, 0.4) is 0 Å². The van der Waals surface area contributed by atoms with E-state index >= 15 is 0 Å². The third-order valence-corrected chi connectivity index (χ3v) is 6.60. The third kappa shape index (κ3) is 3.00. The summed E-state index contributed by atoms with van der Waals surface area (Å²) in [5.74, 6) is 0.456. The molecule has 0 bridgehead atoms. The summed E-state index contributed by atoms with van der Waals surface area (Å²) in [6, 6.07) is 24.4. The summed E-state index contributed by atoms with van der Waals surface area (Å²) in [7, 11) is 1.58. The Labute approximate surface area is 178 Å². The van der Waals surface area contributed by atoms with E-state index in [4.69, 9.17) is 4.74 Å². The number of carbonyl (C=O) groups excluding carboxylic acids is 2. The van der Waals surface area contributed by atoms with Crippen molar-refractivity contribution in [2.45, 2.75) is 16.7 Å². The predicted octanol–water partition coefficient (Wildman–Crippen LogP) is 4.34. The number of nitrogens with zero attached hydrogens (tertiary/aromatic N) is 2. The molecule has 5 rings (SSSR count). The van der Waals surface area contributed by atoms with Gasteiger partial charge in [-0.05, 0) is 42.0 Å². The number of ether oxygens (including phenoxy) is 1. The van der Waals surface area contributed by atoms with Crippen LogP contribution in [0.4, 0.5) is 10.5 Å². The minimum Gasteiger partial charge on any atom is -0.497 e. The number of thioether (sulfide) groups is 1. The van der Waals surface area contributed by atoms with Gasteiger partial charge >= 0.3 is 11.9 Å². The van der Waals surface area contributed by atoms with Gasteiger partial charge in [0.1, 0.15) is 23.7 Å². The van der Waals surface area contributed by atoms with Gasteiger partial charge in [-0.25, -0.2) is 4.79 Å². The fourth-order valence-corrected chi connectivity index (χ4v) is 5.17. The molecule has 1 atom stereocenters. The lowest BCUT2D eigenvalue weighted by Gasteiger charge is -2.24. The Morgan fingerprint density at radius 2 is 1.63 bits per heavy atom. The SMILES string of the molecule is COc1ccc(N2C(=O)C3Sc4ccccc4C3=[N+](Cc3ccccc3)C2=O)cc1. The summed E-state index contributed by atoms with van der Waals surface area (Å²) in [5.41, 5.74) is 3.29. The Balaban J connectivity index is 1.65. The Hall–Kier alpha value is -3.38. The number of benzene rings is 3. The van der Waals surface area contributed by atoms with Crippen LogP contribution in [0.5, 0.6) is 5.75 Å². The topological polar surface area (TPSA) is 49.6 Å². The van der Waals surface area contributed by atoms with E-state index in [0.29, 0.717) is 18.0 Å². The molecule has 30 heavy (non-hydrogen) atoms. The van der Waals surface area contributed by atoms with Gasteiger partial charge in [0.25, 0.3) is 0 Å². The van der Waals surface area contributed by atoms with Crippen LogP contribution in [0.2, 0.25) is 0 Å². The number of fused-ring (bicyclic) bond motifs is 3. The van der Waals surface area contributed by atoms with Crippen LogP contribution in [0, 0.1) is 0 Å². The van der Waals surface area contributed by atoms with Crippen LogP contribution in [-0.2, 0) is 11.3 Å². The molecule has 0 fully saturated rings. The average Bonchev–Trinajstić information content (AvgIpc) is 3.18. The molecular formula is C24H19N2O3S+. The Kier molecular flexibility index (Phi) is 4.64. The standard InChI is InChI=1S/C24H19N2O3S/c1-29-18-13-11-17(12-14-18)26-23(27)22-21(19-9-5-6-10-20(19)30-22)25(24(26)28)15-16-7-3-2-4-8-16/h2-14,22H,15H2,1H3/q+1. The monoisotopic (exact) mass is 415 g/mol. The van der Waals surface area contributed by atoms with E-state index < -0.39 is 5.25 Å². The number of amides is 3. The van der Waals surface area contributed by atoms with E-state index in [1.165, 1.54) is 16.7 Å². The van der Waals surface area contributed by atoms with Gasteiger partial charge in [-0.2, -0.15) is 9.37 Å². The number of methoxy groups -OCH3 is 1. The molecule has 3 aromatic carbocycles. The molecule has 0 aliphatic carbocycles. The second-order valence-electron chi connectivity index (χ2n) is 7.11. The van der Waals surface area contributed by atoms with Crippen LogP contribution in [0.1, 0.15) is 11.1 Å². The number of hydrogen-bond donors (Lipinski definition) is 0. The van der Waals surface area contributed by atoms with Crippen molar-refractivity contribution >= 4 is 35.1 Å². The van der Waals surface area contributed by atoms with Crippen molar-refractivity contribution in [3.05, 3.63) is 90.0 Å². The summed E-state index contributed by atoms with van der Waals surface area (Å²) in [6.07, 6.45) is 0. The van der Waals surface area contributed by atoms with E-state index in [1.807, 2.05) is 54.6 Å². The minimum absolute atomic E-state index is 0.217. The summed E-state index contributed by atoms with van der Waals surface area (Å²) in [5, 5.41) is -0.453. The summed E-state index contributed by atoms with van der Waals surface area (Å²) < 4.78 is 6.96. The second kappa shape index (κ2) is 7.46. The molecular weight excluding hydrogens is 396 g/mol. The highest BCUT2D eigenvalue weighted by Gasteiger charge is 2.53. The number of anilines is 1. The molecule has 3 aromatic rings. The second-order valence-corrected chi connectivity index (χ2v) is 8.25. The molecule has 0 saturated heterocycles. The fourth-order valence-electron chi connectivity index (χ4n) is 3.88. The van der Waals surface area contributed by atoms with Gasteiger partial charge in [0, 0.05) is 10.5 Å². The molecule has 5 nitrogen and oxygen atoms in total. The molecule has 148 valence electrons. The van der Waals surface area contributed by atoms with Crippen LogP contribution >= 0.6 is 11.8 Å². The number of hydrogen-bond acceptors (Lipinski definition) is 4. The lowest BCUT2D eigenvalue weighted by atomic mass is 10.0. The summed E-state index contributed by atoms with van der Waals surface area (Å²) in [6.45, 7) is 0.403. The molecule has 0 radical (unpaired) electrons. The highest BCUT2D eigenvalue weighted by molar-refractivity contribution is 8.02. The zero-order chi connectivity index (χ0) is 20.7. The Bertz CT molecular complexity index is 1170. The molecule has 2 aliphatic rings. The lowest BCUT2D eigenvalue weighted by molar-refractivity contribution is -0.444. The van der Waals surface area contributed by atoms with Crippen molar-refractivity contribution in [2.24, 2.45) is 0 Å². The van der Waals surface area contributed by atoms with Gasteiger partial charge < -0.3 is 4.74 Å². The molecule has 2 aliphatic heterocycles. The van der Waals surface area contributed by atoms with E-state index in [1.54, 1.807) is 36.0 Å². The minimum atomic E-state index is -0.453. The maximum absolute atomic E-state index is 13.6. The summed E-state index contributed by atoms with van der Waals surface area (Å²) in [4.78, 5) is 29.4. The number of urea groups is 1. The zero-order valence-electron chi connectivity index (χ0n) is 16.3. The molecule has 0 aromatic heterocycles. The van der Waals surface area contributed by atoms with E-state index in [9.17, 15) is 9.59 Å². The first-order valence-corrected chi connectivity index (χ1v) is 10.5. The maximum Gasteiger partial charge on any atom is 0.506 e. The largest absolute Gasteiger partial charge is 0.506 e. The van der Waals surface area contributed by atoms with E-state index in [2.05, 4.69) is 0 Å². The Morgan fingerprint density at radius 1 is 0.933 bits per heavy atom. The molecule has 3 amide bonds. The number of rotatable bonds is 4. The highest BCUT2D eigenvalue weighted by atomic mass is 32.2. The molecule has 1 unspecified atom stereocenters. The van der Waals surface area contributed by atoms with Crippen LogP contribution in [0.15, 0.2) is 83.8 Å². The predicted molar refractivity (Wildman–Crippen MR) is 116 cm³/mol. The first kappa shape index (κ1) is 18.6. The van der Waals surface area contributed by atoms with Crippen LogP contribution in [-0.4, -0.2) is 34.6 Å². The first-order valence-electron chi connectivity index (χ1n) is 9.64. The van der Waals surface area contributed by atoms with Crippen LogP contribution in [0.25, 0.3) is 0 Å². The van der Waals surface area contributed by atoms with Gasteiger partial charge in [0.2, 0.25) is 0 Å². The van der Waals surface area contributed by atoms with Gasteiger partial charge in [0.05, 0.1) is 7.11 Å². The Morgan fingerprint density at radius 3 is 2.37 bits per heavy atom.